The molecule has 0 saturated carbocycles. The predicted molar refractivity (Wildman–Crippen MR) is 115 cm³/mol. The fraction of sp³-hybridized carbons (Fsp3) is 0.100. The molecule has 2 rings (SSSR count). The Kier molecular flexibility index (Phi) is 7.26. The summed E-state index contributed by atoms with van der Waals surface area (Å²) in [6, 6.07) is 12.9. The molecule has 26 heavy (non-hydrogen) atoms. The van der Waals surface area contributed by atoms with Crippen molar-refractivity contribution in [3.63, 3.8) is 0 Å². The topological polar surface area (TPSA) is 62.1 Å². The van der Waals surface area contributed by atoms with Crippen molar-refractivity contribution in [2.45, 2.75) is 6.92 Å². The molecule has 0 fully saturated rings. The highest BCUT2D eigenvalue weighted by molar-refractivity contribution is 14.1. The van der Waals surface area contributed by atoms with E-state index in [1.807, 2.05) is 37.3 Å². The van der Waals surface area contributed by atoms with E-state index in [1.54, 1.807) is 12.1 Å². The summed E-state index contributed by atoms with van der Waals surface area (Å²) in [7, 11) is 0. The zero-order chi connectivity index (χ0) is 19.1. The Bertz CT molecular complexity index is 932. The summed E-state index contributed by atoms with van der Waals surface area (Å²) < 4.78 is 7.00. The molecule has 130 valence electrons. The standard InChI is InChI=1S/C20H14BrIN2O2/c1-3-7-26-19-17(21)10-14(11-18(19)22)9-15(12-23)20(25)24-16-6-4-5-13(2)8-16/h1,4-6,8-11H,7H2,2H3,(H,24,25)/b15-9-. The molecule has 4 nitrogen and oxygen atoms in total. The van der Waals surface area contributed by atoms with Crippen molar-refractivity contribution in [1.82, 2.24) is 0 Å². The molecule has 0 aromatic heterocycles. The van der Waals surface area contributed by atoms with E-state index in [9.17, 15) is 10.1 Å². The van der Waals surface area contributed by atoms with Gasteiger partial charge in [0.15, 0.2) is 0 Å². The molecular formula is C20H14BrIN2O2. The largest absolute Gasteiger partial charge is 0.479 e. The third kappa shape index (κ3) is 5.35. The molecule has 0 atom stereocenters. The number of terminal acetylenes is 1. The molecule has 0 aliphatic carbocycles. The van der Waals surface area contributed by atoms with E-state index < -0.39 is 5.91 Å². The Balaban J connectivity index is 2.27. The van der Waals surface area contributed by atoms with Crippen molar-refractivity contribution >= 4 is 56.2 Å². The normalized spacial score (nSPS) is 10.6. The Morgan fingerprint density at radius 3 is 2.81 bits per heavy atom. The molecule has 0 bridgehead atoms. The Morgan fingerprint density at radius 1 is 1.42 bits per heavy atom. The van der Waals surface area contributed by atoms with Gasteiger partial charge in [0.2, 0.25) is 0 Å². The van der Waals surface area contributed by atoms with Crippen LogP contribution in [0.3, 0.4) is 0 Å². The maximum absolute atomic E-state index is 12.4. The summed E-state index contributed by atoms with van der Waals surface area (Å²) in [5.41, 5.74) is 2.37. The highest BCUT2D eigenvalue weighted by Gasteiger charge is 2.12. The number of carbonyl (C=O) groups excluding carboxylic acids is 1. The van der Waals surface area contributed by atoms with E-state index in [2.05, 4.69) is 49.8 Å². The number of anilines is 1. The summed E-state index contributed by atoms with van der Waals surface area (Å²) >= 11 is 5.54. The van der Waals surface area contributed by atoms with Gasteiger partial charge in [-0.1, -0.05) is 18.1 Å². The van der Waals surface area contributed by atoms with Gasteiger partial charge in [-0.2, -0.15) is 5.26 Å². The molecule has 2 aromatic carbocycles. The minimum atomic E-state index is -0.461. The lowest BCUT2D eigenvalue weighted by atomic mass is 10.1. The molecule has 1 N–H and O–H groups in total. The number of carbonyl (C=O) groups is 1. The smallest absolute Gasteiger partial charge is 0.266 e. The molecule has 0 heterocycles. The van der Waals surface area contributed by atoms with Crippen molar-refractivity contribution in [3.05, 3.63) is 61.1 Å². The molecule has 0 radical (unpaired) electrons. The third-order valence-electron chi connectivity index (χ3n) is 3.27. The van der Waals surface area contributed by atoms with Crippen LogP contribution in [0, 0.1) is 34.2 Å². The van der Waals surface area contributed by atoms with Gasteiger partial charge in [-0.15, -0.1) is 6.42 Å². The molecule has 1 amide bonds. The summed E-state index contributed by atoms with van der Waals surface area (Å²) in [5.74, 6) is 2.58. The second-order valence-electron chi connectivity index (χ2n) is 5.30. The molecule has 6 heteroatoms. The number of aryl methyl sites for hydroxylation is 1. The lowest BCUT2D eigenvalue weighted by Gasteiger charge is -2.09. The van der Waals surface area contributed by atoms with Crippen LogP contribution >= 0.6 is 38.5 Å². The lowest BCUT2D eigenvalue weighted by Crippen LogP contribution is -2.13. The van der Waals surface area contributed by atoms with Crippen molar-refractivity contribution in [2.75, 3.05) is 11.9 Å². The van der Waals surface area contributed by atoms with Crippen LogP contribution in [0.5, 0.6) is 5.75 Å². The van der Waals surface area contributed by atoms with E-state index in [-0.39, 0.29) is 12.2 Å². The van der Waals surface area contributed by atoms with Crippen LogP contribution in [-0.2, 0) is 4.79 Å². The van der Waals surface area contributed by atoms with Crippen molar-refractivity contribution < 1.29 is 9.53 Å². The maximum atomic E-state index is 12.4. The number of hydrogen-bond acceptors (Lipinski definition) is 3. The molecule has 0 aliphatic heterocycles. The average Bonchev–Trinajstić information content (AvgIpc) is 2.59. The van der Waals surface area contributed by atoms with E-state index >= 15 is 0 Å². The number of nitrogens with zero attached hydrogens (tertiary/aromatic N) is 1. The number of benzene rings is 2. The fourth-order valence-electron chi connectivity index (χ4n) is 2.15. The first-order chi connectivity index (χ1) is 12.4. The molecule has 0 unspecified atom stereocenters. The van der Waals surface area contributed by atoms with Gasteiger partial charge in [0.05, 0.1) is 8.04 Å². The van der Waals surface area contributed by atoms with Gasteiger partial charge in [-0.25, -0.2) is 0 Å². The van der Waals surface area contributed by atoms with Crippen molar-refractivity contribution in [3.8, 4) is 24.2 Å². The van der Waals surface area contributed by atoms with Crippen LogP contribution in [0.25, 0.3) is 6.08 Å². The Hall–Kier alpha value is -2.29. The minimum absolute atomic E-state index is 0.00602. The van der Waals surface area contributed by atoms with Crippen LogP contribution in [0.4, 0.5) is 5.69 Å². The van der Waals surface area contributed by atoms with E-state index in [4.69, 9.17) is 11.2 Å². The molecule has 2 aromatic rings. The van der Waals surface area contributed by atoms with Crippen LogP contribution in [0.2, 0.25) is 0 Å². The summed E-state index contributed by atoms with van der Waals surface area (Å²) in [4.78, 5) is 12.4. The van der Waals surface area contributed by atoms with Crippen LogP contribution in [0.1, 0.15) is 11.1 Å². The monoisotopic (exact) mass is 520 g/mol. The van der Waals surface area contributed by atoms with Gasteiger partial charge in [0, 0.05) is 5.69 Å². The van der Waals surface area contributed by atoms with Crippen molar-refractivity contribution in [1.29, 1.82) is 5.26 Å². The SMILES string of the molecule is C#CCOc1c(Br)cc(/C=C(/C#N)C(=O)Nc2cccc(C)c2)cc1I. The second kappa shape index (κ2) is 9.42. The quantitative estimate of drug-likeness (QED) is 0.263. The summed E-state index contributed by atoms with van der Waals surface area (Å²) in [6.07, 6.45) is 6.74. The van der Waals surface area contributed by atoms with E-state index in [0.717, 1.165) is 9.13 Å². The van der Waals surface area contributed by atoms with Gasteiger partial charge in [0.1, 0.15) is 24.0 Å². The summed E-state index contributed by atoms with van der Waals surface area (Å²) in [6.45, 7) is 2.09. The zero-order valence-electron chi connectivity index (χ0n) is 13.8. The maximum Gasteiger partial charge on any atom is 0.266 e. The van der Waals surface area contributed by atoms with Gasteiger partial charge in [-0.3, -0.25) is 4.79 Å². The number of halogens is 2. The van der Waals surface area contributed by atoms with Gasteiger partial charge < -0.3 is 10.1 Å². The van der Waals surface area contributed by atoms with E-state index in [0.29, 0.717) is 21.5 Å². The first kappa shape index (κ1) is 20.0. The Labute approximate surface area is 174 Å². The number of nitriles is 1. The molecular weight excluding hydrogens is 507 g/mol. The number of amides is 1. The van der Waals surface area contributed by atoms with Gasteiger partial charge in [0.25, 0.3) is 5.91 Å². The van der Waals surface area contributed by atoms with Gasteiger partial charge in [-0.05, 0) is 86.9 Å². The number of rotatable bonds is 5. The fourth-order valence-corrected chi connectivity index (χ4v) is 3.92. The van der Waals surface area contributed by atoms with Crippen LogP contribution in [0.15, 0.2) is 46.4 Å². The van der Waals surface area contributed by atoms with Crippen LogP contribution in [-0.4, -0.2) is 12.5 Å². The summed E-state index contributed by atoms with van der Waals surface area (Å²) in [5, 5.41) is 12.1. The first-order valence-electron chi connectivity index (χ1n) is 7.49. The number of nitrogens with one attached hydrogen (secondary N) is 1. The second-order valence-corrected chi connectivity index (χ2v) is 7.32. The number of ether oxygens (including phenoxy) is 1. The van der Waals surface area contributed by atoms with Crippen LogP contribution < -0.4 is 10.1 Å². The number of hydrogen-bond donors (Lipinski definition) is 1. The molecule has 0 aliphatic rings. The first-order valence-corrected chi connectivity index (χ1v) is 9.37. The lowest BCUT2D eigenvalue weighted by molar-refractivity contribution is -0.112. The predicted octanol–water partition coefficient (Wildman–Crippen LogP) is 4.92. The van der Waals surface area contributed by atoms with Crippen molar-refractivity contribution in [2.24, 2.45) is 0 Å². The minimum Gasteiger partial charge on any atom is -0.479 e. The average molecular weight is 521 g/mol. The molecule has 0 spiro atoms. The third-order valence-corrected chi connectivity index (χ3v) is 4.66. The molecule has 0 saturated heterocycles. The van der Waals surface area contributed by atoms with E-state index in [1.165, 1.54) is 6.08 Å². The zero-order valence-corrected chi connectivity index (χ0v) is 17.6. The Morgan fingerprint density at radius 2 is 2.19 bits per heavy atom. The highest BCUT2D eigenvalue weighted by atomic mass is 127. The van der Waals surface area contributed by atoms with Gasteiger partial charge >= 0.3 is 0 Å². The highest BCUT2D eigenvalue weighted by Crippen LogP contribution is 2.32.